The maximum atomic E-state index is 4.30. The summed E-state index contributed by atoms with van der Waals surface area (Å²) in [6, 6.07) is 10.2. The van der Waals surface area contributed by atoms with Gasteiger partial charge in [0.15, 0.2) is 4.34 Å². The van der Waals surface area contributed by atoms with Crippen LogP contribution in [0.15, 0.2) is 49.6 Å². The lowest BCUT2D eigenvalue weighted by atomic mass is 10.4. The number of hydrogen-bond acceptors (Lipinski definition) is 3. The molecule has 0 bridgehead atoms. The second-order valence-electron chi connectivity index (χ2n) is 2.35. The zero-order valence-electron chi connectivity index (χ0n) is 6.61. The maximum absolute atomic E-state index is 4.30. The van der Waals surface area contributed by atoms with E-state index < -0.39 is 0 Å². The molecular weight excluding hydrogens is 266 g/mol. The van der Waals surface area contributed by atoms with Gasteiger partial charge < -0.3 is 0 Å². The molecule has 0 fully saturated rings. The minimum Gasteiger partial charge on any atom is -0.222 e. The first kappa shape index (κ1) is 9.24. The van der Waals surface area contributed by atoms with Crippen LogP contribution in [0.5, 0.6) is 0 Å². The molecule has 2 aromatic rings. The molecule has 0 aliphatic heterocycles. The van der Waals surface area contributed by atoms with Crippen molar-refractivity contribution >= 4 is 39.0 Å². The number of halogens is 1. The third-order valence-electron chi connectivity index (χ3n) is 1.40. The molecule has 1 heterocycles. The number of thiazole rings is 1. The van der Waals surface area contributed by atoms with Crippen LogP contribution in [0.4, 0.5) is 0 Å². The average molecular weight is 272 g/mol. The van der Waals surface area contributed by atoms with Gasteiger partial charge in [-0.3, -0.25) is 0 Å². The molecule has 1 aromatic carbocycles. The summed E-state index contributed by atoms with van der Waals surface area (Å²) in [7, 11) is 0. The Morgan fingerprint density at radius 1 is 1.23 bits per heavy atom. The Morgan fingerprint density at radius 3 is 2.62 bits per heavy atom. The van der Waals surface area contributed by atoms with Crippen LogP contribution in [0.1, 0.15) is 0 Å². The zero-order chi connectivity index (χ0) is 9.10. The Hall–Kier alpha value is -0.320. The first-order chi connectivity index (χ1) is 6.34. The molecule has 0 aliphatic carbocycles. The highest BCUT2D eigenvalue weighted by Crippen LogP contribution is 2.31. The molecule has 0 radical (unpaired) electrons. The van der Waals surface area contributed by atoms with Gasteiger partial charge in [-0.05, 0) is 28.1 Å². The number of nitrogens with zero attached hydrogens (tertiary/aromatic N) is 1. The fourth-order valence-corrected chi connectivity index (χ4v) is 3.23. The minimum absolute atomic E-state index is 0.913. The molecule has 13 heavy (non-hydrogen) atoms. The Morgan fingerprint density at radius 2 is 2.00 bits per heavy atom. The fourth-order valence-electron chi connectivity index (χ4n) is 0.875. The monoisotopic (exact) mass is 271 g/mol. The van der Waals surface area contributed by atoms with Crippen LogP contribution in [-0.4, -0.2) is 4.98 Å². The molecule has 0 amide bonds. The smallest absolute Gasteiger partial charge is 0.155 e. The van der Waals surface area contributed by atoms with Gasteiger partial charge in [0.25, 0.3) is 0 Å². The second-order valence-corrected chi connectivity index (χ2v) is 5.34. The highest BCUT2D eigenvalue weighted by atomic mass is 79.9. The molecule has 0 unspecified atom stereocenters. The summed E-state index contributed by atoms with van der Waals surface area (Å²) in [5.41, 5.74) is 0. The largest absolute Gasteiger partial charge is 0.222 e. The quantitative estimate of drug-likeness (QED) is 0.817. The molecule has 1 nitrogen and oxygen atoms in total. The fraction of sp³-hybridized carbons (Fsp3) is 0. The van der Waals surface area contributed by atoms with Gasteiger partial charge >= 0.3 is 0 Å². The number of hydrogen-bond donors (Lipinski definition) is 0. The van der Waals surface area contributed by atoms with Crippen LogP contribution in [0.3, 0.4) is 0 Å². The molecule has 0 saturated heterocycles. The van der Waals surface area contributed by atoms with E-state index in [4.69, 9.17) is 0 Å². The Kier molecular flexibility index (Phi) is 3.03. The van der Waals surface area contributed by atoms with Crippen LogP contribution in [0, 0.1) is 0 Å². The van der Waals surface area contributed by atoms with E-state index in [-0.39, 0.29) is 0 Å². The summed E-state index contributed by atoms with van der Waals surface area (Å²) in [5, 5.41) is 1.99. The van der Waals surface area contributed by atoms with Gasteiger partial charge in [-0.2, -0.15) is 0 Å². The van der Waals surface area contributed by atoms with E-state index in [2.05, 4.69) is 33.0 Å². The summed E-state index contributed by atoms with van der Waals surface area (Å²) >= 11 is 6.67. The standard InChI is InChI=1S/C9H6BrNS2/c10-8-6-12-9(11-8)13-7-4-2-1-3-5-7/h1-6H. The van der Waals surface area contributed by atoms with Crippen LogP contribution in [0.25, 0.3) is 0 Å². The summed E-state index contributed by atoms with van der Waals surface area (Å²) in [4.78, 5) is 5.53. The van der Waals surface area contributed by atoms with Gasteiger partial charge in [0, 0.05) is 10.3 Å². The summed E-state index contributed by atoms with van der Waals surface area (Å²) < 4.78 is 1.98. The highest BCUT2D eigenvalue weighted by Gasteiger charge is 2.00. The van der Waals surface area contributed by atoms with Crippen molar-refractivity contribution in [2.24, 2.45) is 0 Å². The number of rotatable bonds is 2. The van der Waals surface area contributed by atoms with Crippen molar-refractivity contribution in [3.8, 4) is 0 Å². The van der Waals surface area contributed by atoms with Crippen molar-refractivity contribution < 1.29 is 0 Å². The molecule has 4 heteroatoms. The SMILES string of the molecule is Brc1csc(Sc2ccccc2)n1. The van der Waals surface area contributed by atoms with E-state index >= 15 is 0 Å². The molecular formula is C9H6BrNS2. The van der Waals surface area contributed by atoms with Gasteiger partial charge in [0.05, 0.1) is 0 Å². The maximum Gasteiger partial charge on any atom is 0.155 e. The third kappa shape index (κ3) is 2.56. The second kappa shape index (κ2) is 4.26. The summed E-state index contributed by atoms with van der Waals surface area (Å²) in [6.45, 7) is 0. The van der Waals surface area contributed by atoms with Gasteiger partial charge in [-0.1, -0.05) is 30.0 Å². The van der Waals surface area contributed by atoms with Gasteiger partial charge in [0.1, 0.15) is 4.60 Å². The Labute approximate surface area is 93.3 Å². The lowest BCUT2D eigenvalue weighted by Crippen LogP contribution is -1.70. The van der Waals surface area contributed by atoms with Crippen molar-refractivity contribution in [1.29, 1.82) is 0 Å². The Bertz CT molecular complexity index is 386. The number of benzene rings is 1. The average Bonchev–Trinajstić information content (AvgIpc) is 2.53. The van der Waals surface area contributed by atoms with Crippen LogP contribution >= 0.6 is 39.0 Å². The van der Waals surface area contributed by atoms with Gasteiger partial charge in [0.2, 0.25) is 0 Å². The molecule has 0 N–H and O–H groups in total. The first-order valence-electron chi connectivity index (χ1n) is 3.68. The molecule has 0 saturated carbocycles. The van der Waals surface area contributed by atoms with Crippen molar-refractivity contribution in [2.45, 2.75) is 9.24 Å². The lowest BCUT2D eigenvalue weighted by Gasteiger charge is -1.94. The predicted octanol–water partition coefficient (Wildman–Crippen LogP) is 4.06. The molecule has 66 valence electrons. The van der Waals surface area contributed by atoms with E-state index in [1.54, 1.807) is 23.1 Å². The van der Waals surface area contributed by atoms with Crippen LogP contribution in [-0.2, 0) is 0 Å². The lowest BCUT2D eigenvalue weighted by molar-refractivity contribution is 1.21. The molecule has 0 atom stereocenters. The third-order valence-corrected chi connectivity index (χ3v) is 4.06. The van der Waals surface area contributed by atoms with Crippen LogP contribution in [0.2, 0.25) is 0 Å². The van der Waals surface area contributed by atoms with E-state index in [1.807, 2.05) is 23.6 Å². The van der Waals surface area contributed by atoms with Crippen molar-refractivity contribution in [2.75, 3.05) is 0 Å². The van der Waals surface area contributed by atoms with Gasteiger partial charge in [-0.15, -0.1) is 11.3 Å². The summed E-state index contributed by atoms with van der Waals surface area (Å²) in [5.74, 6) is 0. The normalized spacial score (nSPS) is 10.2. The molecule has 0 aliphatic rings. The Balaban J connectivity index is 2.15. The zero-order valence-corrected chi connectivity index (χ0v) is 9.82. The van der Waals surface area contributed by atoms with Crippen LogP contribution < -0.4 is 0 Å². The summed E-state index contributed by atoms with van der Waals surface area (Å²) in [6.07, 6.45) is 0. The molecule has 0 spiro atoms. The van der Waals surface area contributed by atoms with Gasteiger partial charge in [-0.25, -0.2) is 4.98 Å². The topological polar surface area (TPSA) is 12.9 Å². The minimum atomic E-state index is 0.913. The van der Waals surface area contributed by atoms with Crippen molar-refractivity contribution in [1.82, 2.24) is 4.98 Å². The van der Waals surface area contributed by atoms with Crippen molar-refractivity contribution in [3.63, 3.8) is 0 Å². The predicted molar refractivity (Wildman–Crippen MR) is 60.4 cm³/mol. The van der Waals surface area contributed by atoms with Crippen molar-refractivity contribution in [3.05, 3.63) is 40.3 Å². The van der Waals surface area contributed by atoms with E-state index in [0.717, 1.165) is 8.94 Å². The van der Waals surface area contributed by atoms with E-state index in [1.165, 1.54) is 4.90 Å². The molecule has 2 rings (SSSR count). The first-order valence-corrected chi connectivity index (χ1v) is 6.17. The number of aromatic nitrogens is 1. The van der Waals surface area contributed by atoms with E-state index in [9.17, 15) is 0 Å². The highest BCUT2D eigenvalue weighted by molar-refractivity contribution is 9.10. The van der Waals surface area contributed by atoms with E-state index in [0.29, 0.717) is 0 Å². The molecule has 1 aromatic heterocycles.